The first kappa shape index (κ1) is 18.8. The van der Waals surface area contributed by atoms with Crippen molar-refractivity contribution in [2.24, 2.45) is 0 Å². The minimum absolute atomic E-state index is 0.246. The van der Waals surface area contributed by atoms with Crippen LogP contribution in [-0.4, -0.2) is 69.0 Å². The van der Waals surface area contributed by atoms with Gasteiger partial charge in [0.25, 0.3) is 5.91 Å². The quantitative estimate of drug-likeness (QED) is 0.836. The normalized spacial score (nSPS) is 19.5. The molecular weight excluding hydrogens is 351 g/mol. The number of fused-ring (bicyclic) bond motifs is 1. The molecule has 1 amide bonds. The van der Waals surface area contributed by atoms with Crippen molar-refractivity contribution in [1.82, 2.24) is 15.5 Å². The average molecular weight is 373 g/mol. The summed E-state index contributed by atoms with van der Waals surface area (Å²) in [6, 6.07) is 2.93. The molecule has 1 unspecified atom stereocenters. The van der Waals surface area contributed by atoms with Crippen molar-refractivity contribution in [3.63, 3.8) is 0 Å². The number of rotatable bonds is 4. The van der Waals surface area contributed by atoms with Crippen LogP contribution in [0.25, 0.3) is 0 Å². The standard InChI is InChI=1S/C17H22F3N3O3/c18-17(19,20)15(23-6-4-21-5-7-23)11-22-16(24)12-2-3-13-14(10-12)26-9-1-8-25-13/h2-3,10,15,21H,1,4-9,11H2,(H,22,24). The van der Waals surface area contributed by atoms with Crippen molar-refractivity contribution in [3.8, 4) is 11.5 Å². The van der Waals surface area contributed by atoms with Crippen LogP contribution in [0.2, 0.25) is 0 Å². The third kappa shape index (κ3) is 4.59. The van der Waals surface area contributed by atoms with Gasteiger partial charge in [-0.3, -0.25) is 9.69 Å². The third-order valence-corrected chi connectivity index (χ3v) is 4.44. The van der Waals surface area contributed by atoms with Crippen LogP contribution in [0.1, 0.15) is 16.8 Å². The van der Waals surface area contributed by atoms with E-state index in [2.05, 4.69) is 10.6 Å². The predicted molar refractivity (Wildman–Crippen MR) is 88.7 cm³/mol. The van der Waals surface area contributed by atoms with E-state index in [1.165, 1.54) is 17.0 Å². The molecule has 6 nitrogen and oxygen atoms in total. The number of carbonyl (C=O) groups is 1. The highest BCUT2D eigenvalue weighted by Gasteiger charge is 2.43. The molecular formula is C17H22F3N3O3. The molecule has 0 aromatic heterocycles. The first-order chi connectivity index (χ1) is 12.4. The van der Waals surface area contributed by atoms with Crippen LogP contribution in [0.3, 0.4) is 0 Å². The number of hydrogen-bond acceptors (Lipinski definition) is 5. The minimum atomic E-state index is -4.41. The fourth-order valence-electron chi connectivity index (χ4n) is 3.04. The maximum atomic E-state index is 13.4. The van der Waals surface area contributed by atoms with E-state index in [0.717, 1.165) is 6.42 Å². The van der Waals surface area contributed by atoms with Crippen LogP contribution in [0.15, 0.2) is 18.2 Å². The number of benzene rings is 1. The lowest BCUT2D eigenvalue weighted by Gasteiger charge is -2.35. The van der Waals surface area contributed by atoms with Crippen LogP contribution in [-0.2, 0) is 0 Å². The van der Waals surface area contributed by atoms with Gasteiger partial charge in [0.1, 0.15) is 6.04 Å². The summed E-state index contributed by atoms with van der Waals surface area (Å²) < 4.78 is 51.1. The lowest BCUT2D eigenvalue weighted by molar-refractivity contribution is -0.183. The van der Waals surface area contributed by atoms with E-state index < -0.39 is 24.7 Å². The second-order valence-corrected chi connectivity index (χ2v) is 6.27. The molecule has 1 fully saturated rings. The van der Waals surface area contributed by atoms with E-state index in [9.17, 15) is 18.0 Å². The summed E-state index contributed by atoms with van der Waals surface area (Å²) in [6.07, 6.45) is -3.68. The van der Waals surface area contributed by atoms with Gasteiger partial charge >= 0.3 is 6.18 Å². The Kier molecular flexibility index (Phi) is 5.87. The van der Waals surface area contributed by atoms with Crippen molar-refractivity contribution in [3.05, 3.63) is 23.8 Å². The molecule has 1 aromatic rings. The van der Waals surface area contributed by atoms with Gasteiger partial charge in [-0.2, -0.15) is 13.2 Å². The summed E-state index contributed by atoms with van der Waals surface area (Å²) in [6.45, 7) is 2.10. The topological polar surface area (TPSA) is 62.8 Å². The summed E-state index contributed by atoms with van der Waals surface area (Å²) >= 11 is 0. The molecule has 0 spiro atoms. The van der Waals surface area contributed by atoms with E-state index >= 15 is 0 Å². The number of nitrogens with one attached hydrogen (secondary N) is 2. The SMILES string of the molecule is O=C(NCC(N1CCNCC1)C(F)(F)F)c1ccc2c(c1)OCCCO2. The molecule has 26 heavy (non-hydrogen) atoms. The highest BCUT2D eigenvalue weighted by atomic mass is 19.4. The Morgan fingerprint density at radius 1 is 1.19 bits per heavy atom. The van der Waals surface area contributed by atoms with Crippen molar-refractivity contribution in [1.29, 1.82) is 0 Å². The fraction of sp³-hybridized carbons (Fsp3) is 0.588. The van der Waals surface area contributed by atoms with Gasteiger partial charge in [0.15, 0.2) is 11.5 Å². The summed E-state index contributed by atoms with van der Waals surface area (Å²) in [7, 11) is 0. The molecule has 2 heterocycles. The number of nitrogens with zero attached hydrogens (tertiary/aromatic N) is 1. The first-order valence-electron chi connectivity index (χ1n) is 8.64. The van der Waals surface area contributed by atoms with Gasteiger partial charge in [-0.05, 0) is 18.2 Å². The van der Waals surface area contributed by atoms with Gasteiger partial charge in [-0.25, -0.2) is 0 Å². The second-order valence-electron chi connectivity index (χ2n) is 6.27. The Morgan fingerprint density at radius 3 is 2.58 bits per heavy atom. The Morgan fingerprint density at radius 2 is 1.88 bits per heavy atom. The van der Waals surface area contributed by atoms with E-state index in [1.807, 2.05) is 0 Å². The number of amides is 1. The molecule has 2 N–H and O–H groups in total. The molecule has 3 rings (SSSR count). The Bertz CT molecular complexity index is 633. The van der Waals surface area contributed by atoms with E-state index in [0.29, 0.717) is 50.9 Å². The van der Waals surface area contributed by atoms with E-state index in [1.54, 1.807) is 6.07 Å². The molecule has 0 bridgehead atoms. The summed E-state index contributed by atoms with van der Waals surface area (Å²) in [5, 5.41) is 5.43. The number of piperazine rings is 1. The van der Waals surface area contributed by atoms with E-state index in [-0.39, 0.29) is 5.56 Å². The zero-order valence-electron chi connectivity index (χ0n) is 14.3. The molecule has 0 aliphatic carbocycles. The summed E-state index contributed by atoms with van der Waals surface area (Å²) in [4.78, 5) is 13.7. The molecule has 1 aromatic carbocycles. The van der Waals surface area contributed by atoms with Gasteiger partial charge in [-0.15, -0.1) is 0 Å². The molecule has 1 saturated heterocycles. The molecule has 144 valence electrons. The maximum Gasteiger partial charge on any atom is 0.405 e. The van der Waals surface area contributed by atoms with Gasteiger partial charge in [0.2, 0.25) is 0 Å². The lowest BCUT2D eigenvalue weighted by atomic mass is 10.1. The third-order valence-electron chi connectivity index (χ3n) is 4.44. The van der Waals surface area contributed by atoms with Gasteiger partial charge in [0.05, 0.1) is 13.2 Å². The van der Waals surface area contributed by atoms with Crippen LogP contribution in [0.4, 0.5) is 13.2 Å². The minimum Gasteiger partial charge on any atom is -0.490 e. The number of halogens is 3. The Labute approximate surface area is 149 Å². The molecule has 2 aliphatic rings. The number of ether oxygens (including phenoxy) is 2. The molecule has 0 radical (unpaired) electrons. The molecule has 2 aliphatic heterocycles. The second kappa shape index (κ2) is 8.13. The number of hydrogen-bond donors (Lipinski definition) is 2. The molecule has 1 atom stereocenters. The summed E-state index contributed by atoms with van der Waals surface area (Å²) in [5.41, 5.74) is 0.246. The van der Waals surface area contributed by atoms with E-state index in [4.69, 9.17) is 9.47 Å². The van der Waals surface area contributed by atoms with Crippen LogP contribution >= 0.6 is 0 Å². The van der Waals surface area contributed by atoms with Crippen molar-refractivity contribution in [2.45, 2.75) is 18.6 Å². The molecule has 9 heteroatoms. The molecule has 0 saturated carbocycles. The largest absolute Gasteiger partial charge is 0.490 e. The van der Waals surface area contributed by atoms with Gasteiger partial charge in [0, 0.05) is 44.7 Å². The van der Waals surface area contributed by atoms with Crippen LogP contribution in [0, 0.1) is 0 Å². The Hall–Kier alpha value is -2.00. The number of alkyl halides is 3. The fourth-order valence-corrected chi connectivity index (χ4v) is 3.04. The van der Waals surface area contributed by atoms with Gasteiger partial charge < -0.3 is 20.1 Å². The lowest BCUT2D eigenvalue weighted by Crippen LogP contribution is -2.57. The van der Waals surface area contributed by atoms with Gasteiger partial charge in [-0.1, -0.05) is 0 Å². The van der Waals surface area contributed by atoms with Crippen LogP contribution < -0.4 is 20.1 Å². The number of carbonyl (C=O) groups excluding carboxylic acids is 1. The van der Waals surface area contributed by atoms with Crippen molar-refractivity contribution in [2.75, 3.05) is 45.9 Å². The highest BCUT2D eigenvalue weighted by molar-refractivity contribution is 5.94. The van der Waals surface area contributed by atoms with Crippen molar-refractivity contribution < 1.29 is 27.4 Å². The van der Waals surface area contributed by atoms with Crippen LogP contribution in [0.5, 0.6) is 11.5 Å². The summed E-state index contributed by atoms with van der Waals surface area (Å²) in [5.74, 6) is 0.405. The maximum absolute atomic E-state index is 13.4. The predicted octanol–water partition coefficient (Wildman–Crippen LogP) is 1.41. The monoisotopic (exact) mass is 373 g/mol. The average Bonchev–Trinajstić information content (AvgIpc) is 2.86. The smallest absolute Gasteiger partial charge is 0.405 e. The van der Waals surface area contributed by atoms with Crippen molar-refractivity contribution >= 4 is 5.91 Å². The first-order valence-corrected chi connectivity index (χ1v) is 8.64. The zero-order chi connectivity index (χ0) is 18.6. The Balaban J connectivity index is 1.65. The zero-order valence-corrected chi connectivity index (χ0v) is 14.3. The highest BCUT2D eigenvalue weighted by Crippen LogP contribution is 2.30.